The lowest BCUT2D eigenvalue weighted by molar-refractivity contribution is -0.115. The predicted molar refractivity (Wildman–Crippen MR) is 96.1 cm³/mol. The molecule has 1 aromatic carbocycles. The number of carbonyl (C=O) groups is 2. The van der Waals surface area contributed by atoms with Crippen molar-refractivity contribution in [1.82, 2.24) is 0 Å². The van der Waals surface area contributed by atoms with Crippen LogP contribution in [-0.2, 0) is 4.79 Å². The summed E-state index contributed by atoms with van der Waals surface area (Å²) in [5, 5.41) is 5.28. The molecule has 0 bridgehead atoms. The highest BCUT2D eigenvalue weighted by atomic mass is 32.1. The van der Waals surface area contributed by atoms with E-state index in [1.54, 1.807) is 0 Å². The van der Waals surface area contributed by atoms with Gasteiger partial charge in [-0.15, -0.1) is 11.3 Å². The van der Waals surface area contributed by atoms with Gasteiger partial charge in [0, 0.05) is 15.7 Å². The van der Waals surface area contributed by atoms with Gasteiger partial charge in [0.25, 0.3) is 5.91 Å². The van der Waals surface area contributed by atoms with Crippen molar-refractivity contribution in [3.8, 4) is 0 Å². The van der Waals surface area contributed by atoms with Crippen LogP contribution in [0.3, 0.4) is 0 Å². The van der Waals surface area contributed by atoms with E-state index < -0.39 is 5.91 Å². The Morgan fingerprint density at radius 3 is 2.71 bits per heavy atom. The molecule has 0 atom stereocenters. The Balaban J connectivity index is 1.83. The van der Waals surface area contributed by atoms with E-state index in [9.17, 15) is 9.59 Å². The van der Waals surface area contributed by atoms with Crippen LogP contribution in [0, 0.1) is 13.8 Å². The highest BCUT2D eigenvalue weighted by Crippen LogP contribution is 2.32. The fourth-order valence-corrected chi connectivity index (χ4v) is 3.64. The molecule has 3 rings (SSSR count). The number of hydrogen-bond acceptors (Lipinski definition) is 3. The molecule has 5 heteroatoms. The number of nitrogens with two attached hydrogens (primary N) is 1. The highest BCUT2D eigenvalue weighted by molar-refractivity contribution is 7.16. The van der Waals surface area contributed by atoms with E-state index in [-0.39, 0.29) is 12.3 Å². The third kappa shape index (κ3) is 3.10. The van der Waals surface area contributed by atoms with Crippen LogP contribution in [0.5, 0.6) is 0 Å². The van der Waals surface area contributed by atoms with Crippen molar-refractivity contribution in [2.75, 3.05) is 5.32 Å². The number of thiophene rings is 1. The average molecular weight is 336 g/mol. The number of rotatable bonds is 4. The molecule has 0 saturated carbocycles. The zero-order chi connectivity index (χ0) is 17.3. The summed E-state index contributed by atoms with van der Waals surface area (Å²) in [5.41, 5.74) is 13.4. The number of fused-ring (bicyclic) bond motifs is 1. The highest BCUT2D eigenvalue weighted by Gasteiger charge is 2.19. The van der Waals surface area contributed by atoms with Crippen molar-refractivity contribution in [3.05, 3.63) is 62.0 Å². The molecule has 0 saturated heterocycles. The van der Waals surface area contributed by atoms with E-state index in [1.807, 2.05) is 44.2 Å². The minimum Gasteiger partial charge on any atom is -0.365 e. The molecule has 0 radical (unpaired) electrons. The maximum absolute atomic E-state index is 12.3. The van der Waals surface area contributed by atoms with Crippen LogP contribution in [0.25, 0.3) is 11.8 Å². The van der Waals surface area contributed by atoms with Crippen LogP contribution in [0.4, 0.5) is 5.00 Å². The second-order valence-corrected chi connectivity index (χ2v) is 6.81. The van der Waals surface area contributed by atoms with Gasteiger partial charge in [-0.3, -0.25) is 9.59 Å². The molecule has 0 fully saturated rings. The summed E-state index contributed by atoms with van der Waals surface area (Å²) in [6, 6.07) is 7.80. The van der Waals surface area contributed by atoms with Crippen molar-refractivity contribution in [3.63, 3.8) is 0 Å². The molecule has 4 nitrogen and oxygen atoms in total. The van der Waals surface area contributed by atoms with Crippen molar-refractivity contribution < 1.29 is 9.59 Å². The summed E-state index contributed by atoms with van der Waals surface area (Å²) in [4.78, 5) is 24.9. The van der Waals surface area contributed by atoms with Gasteiger partial charge >= 0.3 is 0 Å². The van der Waals surface area contributed by atoms with Crippen molar-refractivity contribution in [2.24, 2.45) is 5.73 Å². The Hall–Kier alpha value is -2.84. The third-order valence-electron chi connectivity index (χ3n) is 3.88. The normalized spacial score (nSPS) is 11.8. The van der Waals surface area contributed by atoms with Gasteiger partial charge in [0.1, 0.15) is 5.00 Å². The van der Waals surface area contributed by atoms with E-state index in [0.29, 0.717) is 10.6 Å². The maximum atomic E-state index is 12.3. The van der Waals surface area contributed by atoms with E-state index in [4.69, 9.17) is 5.73 Å². The van der Waals surface area contributed by atoms with Gasteiger partial charge in [-0.1, -0.05) is 29.7 Å². The quantitative estimate of drug-likeness (QED) is 0.835. The second-order valence-electron chi connectivity index (χ2n) is 5.58. The van der Waals surface area contributed by atoms with Crippen LogP contribution >= 0.6 is 11.3 Å². The Bertz CT molecular complexity index is 1050. The lowest BCUT2D eigenvalue weighted by Crippen LogP contribution is -2.24. The summed E-state index contributed by atoms with van der Waals surface area (Å²) in [6.07, 6.45) is 2.08. The molecule has 1 aromatic heterocycles. The molecular formula is C19H16N2O2S. The number of primary amides is 1. The first kappa shape index (κ1) is 16.0. The zero-order valence-electron chi connectivity index (χ0n) is 13.4. The number of anilines is 1. The predicted octanol–water partition coefficient (Wildman–Crippen LogP) is 1.75. The van der Waals surface area contributed by atoms with Crippen LogP contribution in [0.1, 0.15) is 27.2 Å². The van der Waals surface area contributed by atoms with Crippen LogP contribution < -0.4 is 21.5 Å². The average Bonchev–Trinajstić information content (AvgIpc) is 2.81. The lowest BCUT2D eigenvalue weighted by atomic mass is 10.1. The summed E-state index contributed by atoms with van der Waals surface area (Å²) in [5.74, 6) is -0.739. The summed E-state index contributed by atoms with van der Waals surface area (Å²) >= 11 is 1.36. The van der Waals surface area contributed by atoms with Gasteiger partial charge in [-0.05, 0) is 36.8 Å². The van der Waals surface area contributed by atoms with Crippen LogP contribution in [0.2, 0.25) is 0 Å². The van der Waals surface area contributed by atoms with Crippen LogP contribution in [0.15, 0.2) is 35.6 Å². The van der Waals surface area contributed by atoms with Crippen molar-refractivity contribution in [1.29, 1.82) is 0 Å². The minimum absolute atomic E-state index is 0.162. The fraction of sp³-hybridized carbons (Fsp3) is 0.158. The summed E-state index contributed by atoms with van der Waals surface area (Å²) in [6.45, 7) is 3.72. The number of aryl methyl sites for hydroxylation is 1. The Kier molecular flexibility index (Phi) is 4.24. The molecule has 24 heavy (non-hydrogen) atoms. The minimum atomic E-state index is -0.530. The molecule has 3 N–H and O–H groups in total. The van der Waals surface area contributed by atoms with E-state index in [0.717, 1.165) is 26.5 Å². The van der Waals surface area contributed by atoms with E-state index >= 15 is 0 Å². The van der Waals surface area contributed by atoms with Gasteiger partial charge in [-0.25, -0.2) is 0 Å². The first-order valence-corrected chi connectivity index (χ1v) is 8.28. The molecule has 0 unspecified atom stereocenters. The molecule has 120 valence electrons. The van der Waals surface area contributed by atoms with Gasteiger partial charge in [-0.2, -0.15) is 0 Å². The second kappa shape index (κ2) is 6.34. The Morgan fingerprint density at radius 2 is 1.96 bits per heavy atom. The Morgan fingerprint density at radius 1 is 1.21 bits per heavy atom. The smallest absolute Gasteiger partial charge is 0.251 e. The molecule has 0 spiro atoms. The first-order chi connectivity index (χ1) is 11.5. The van der Waals surface area contributed by atoms with Crippen LogP contribution in [-0.4, -0.2) is 11.8 Å². The van der Waals surface area contributed by atoms with Crippen molar-refractivity contribution >= 4 is 40.0 Å². The van der Waals surface area contributed by atoms with E-state index in [2.05, 4.69) is 16.8 Å². The summed E-state index contributed by atoms with van der Waals surface area (Å²) < 4.78 is 0. The molecule has 1 aliphatic rings. The zero-order valence-corrected chi connectivity index (χ0v) is 14.2. The molecule has 1 aliphatic carbocycles. The largest absolute Gasteiger partial charge is 0.365 e. The fourth-order valence-electron chi connectivity index (χ4n) is 2.56. The number of carbonyl (C=O) groups excluding carboxylic acids is 2. The maximum Gasteiger partial charge on any atom is 0.251 e. The number of amides is 2. The third-order valence-corrected chi connectivity index (χ3v) is 5.01. The topological polar surface area (TPSA) is 72.2 Å². The standard InChI is InChI=1S/C19H16N2O2S/c1-11-12(2)24-19(17(11)18(20)23)21-16(22)10-13-7-8-14-5-3-4-6-15(14)9-13/h3-6,9H,10H2,1-2H3,(H2,20,23)(H,21,22). The lowest BCUT2D eigenvalue weighted by Gasteiger charge is -2.05. The SMILES string of the molecule is Cc1sc(NC(=O)CC2=C=C=c3ccccc3=C2)c(C(N)=O)c1C. The molecule has 2 amide bonds. The molecule has 0 aliphatic heterocycles. The molecular weight excluding hydrogens is 320 g/mol. The summed E-state index contributed by atoms with van der Waals surface area (Å²) in [7, 11) is 0. The van der Waals surface area contributed by atoms with E-state index in [1.165, 1.54) is 11.3 Å². The first-order valence-electron chi connectivity index (χ1n) is 7.47. The number of nitrogens with one attached hydrogen (secondary N) is 1. The van der Waals surface area contributed by atoms with Crippen molar-refractivity contribution in [2.45, 2.75) is 20.3 Å². The molecule has 1 heterocycles. The van der Waals surface area contributed by atoms with Gasteiger partial charge in [0.2, 0.25) is 5.91 Å². The van der Waals surface area contributed by atoms with Gasteiger partial charge in [0.15, 0.2) is 0 Å². The van der Waals surface area contributed by atoms with Gasteiger partial charge < -0.3 is 11.1 Å². The van der Waals surface area contributed by atoms with Gasteiger partial charge in [0.05, 0.1) is 12.0 Å². The number of hydrogen-bond donors (Lipinski definition) is 2. The Labute approximate surface area is 143 Å². The monoisotopic (exact) mass is 336 g/mol. The number of benzene rings is 1. The molecule has 2 aromatic rings.